The molecule has 2 aromatic carbocycles. The molecule has 0 aliphatic carbocycles. The molecule has 1 amide bonds. The summed E-state index contributed by atoms with van der Waals surface area (Å²) in [6.45, 7) is 5.78. The maximum absolute atomic E-state index is 12.8. The molecule has 2 heterocycles. The smallest absolute Gasteiger partial charge is 0.222 e. The Morgan fingerprint density at radius 2 is 1.88 bits per heavy atom. The van der Waals surface area contributed by atoms with E-state index >= 15 is 0 Å². The Morgan fingerprint density at radius 3 is 2.58 bits per heavy atom. The first-order valence-corrected chi connectivity index (χ1v) is 11.7. The molecule has 4 rings (SSSR count). The normalized spacial score (nSPS) is 14.6. The van der Waals surface area contributed by atoms with Crippen molar-refractivity contribution in [3.63, 3.8) is 0 Å². The highest BCUT2D eigenvalue weighted by Gasteiger charge is 2.26. The molecule has 0 radical (unpaired) electrons. The van der Waals surface area contributed by atoms with Crippen molar-refractivity contribution in [2.75, 3.05) is 13.1 Å². The van der Waals surface area contributed by atoms with Gasteiger partial charge in [-0.2, -0.15) is 5.26 Å². The second-order valence-electron chi connectivity index (χ2n) is 9.59. The van der Waals surface area contributed by atoms with Crippen LogP contribution < -0.4 is 0 Å². The van der Waals surface area contributed by atoms with Crippen LogP contribution in [0.3, 0.4) is 0 Å². The van der Waals surface area contributed by atoms with E-state index in [2.05, 4.69) is 49.9 Å². The van der Waals surface area contributed by atoms with Crippen molar-refractivity contribution >= 4 is 22.6 Å². The van der Waals surface area contributed by atoms with E-state index < -0.39 is 0 Å². The van der Waals surface area contributed by atoms with Gasteiger partial charge in [0.15, 0.2) is 5.78 Å². The predicted molar refractivity (Wildman–Crippen MR) is 130 cm³/mol. The van der Waals surface area contributed by atoms with Crippen molar-refractivity contribution in [3.05, 3.63) is 70.9 Å². The number of amides is 1. The fourth-order valence-electron chi connectivity index (χ4n) is 4.87. The second kappa shape index (κ2) is 9.62. The summed E-state index contributed by atoms with van der Waals surface area (Å²) in [5, 5.41) is 10.3. The molecule has 170 valence electrons. The molecule has 1 aromatic heterocycles. The van der Waals surface area contributed by atoms with Crippen LogP contribution in [0.4, 0.5) is 0 Å². The Labute approximate surface area is 195 Å². The lowest BCUT2D eigenvalue weighted by Gasteiger charge is -2.32. The van der Waals surface area contributed by atoms with Gasteiger partial charge in [-0.05, 0) is 60.1 Å². The maximum atomic E-state index is 12.8. The van der Waals surface area contributed by atoms with Gasteiger partial charge in [0.2, 0.25) is 5.91 Å². The Kier molecular flexibility index (Phi) is 6.65. The molecule has 1 aliphatic rings. The average Bonchev–Trinajstić information content (AvgIpc) is 3.14. The summed E-state index contributed by atoms with van der Waals surface area (Å²) in [6, 6.07) is 15.2. The van der Waals surface area contributed by atoms with E-state index in [0.717, 1.165) is 37.0 Å². The van der Waals surface area contributed by atoms with Crippen molar-refractivity contribution in [1.82, 2.24) is 9.47 Å². The van der Waals surface area contributed by atoms with Gasteiger partial charge in [-0.1, -0.05) is 32.0 Å². The highest BCUT2D eigenvalue weighted by molar-refractivity contribution is 5.98. The molecule has 1 fully saturated rings. The molecule has 5 heteroatoms. The Bertz CT molecular complexity index is 1220. The fourth-order valence-corrected chi connectivity index (χ4v) is 4.87. The Morgan fingerprint density at radius 1 is 1.12 bits per heavy atom. The number of nitriles is 1. The van der Waals surface area contributed by atoms with E-state index in [1.54, 1.807) is 24.3 Å². The van der Waals surface area contributed by atoms with Crippen LogP contribution in [0.25, 0.3) is 10.9 Å². The van der Waals surface area contributed by atoms with Gasteiger partial charge < -0.3 is 9.47 Å². The van der Waals surface area contributed by atoms with E-state index in [4.69, 9.17) is 5.26 Å². The van der Waals surface area contributed by atoms with E-state index in [-0.39, 0.29) is 11.7 Å². The van der Waals surface area contributed by atoms with Crippen molar-refractivity contribution in [1.29, 1.82) is 5.26 Å². The van der Waals surface area contributed by atoms with Gasteiger partial charge in [0.05, 0.1) is 11.6 Å². The van der Waals surface area contributed by atoms with Crippen molar-refractivity contribution < 1.29 is 9.59 Å². The lowest BCUT2D eigenvalue weighted by molar-refractivity contribution is -0.133. The number of piperidine rings is 1. The number of rotatable bonds is 6. The van der Waals surface area contributed by atoms with Gasteiger partial charge in [0.1, 0.15) is 0 Å². The molecule has 1 aliphatic heterocycles. The SMILES string of the molecule is CC(C)CC(=O)N1CCC(c2cn(C)c3ccc(CC(=O)c4cccc(C#N)c4)cc23)CC1. The minimum Gasteiger partial charge on any atom is -0.350 e. The van der Waals surface area contributed by atoms with Crippen LogP contribution in [-0.4, -0.2) is 34.2 Å². The number of aryl methyl sites for hydroxylation is 1. The number of carbonyl (C=O) groups excluding carboxylic acids is 2. The number of ketones is 1. The van der Waals surface area contributed by atoms with Crippen LogP contribution in [0.5, 0.6) is 0 Å². The van der Waals surface area contributed by atoms with E-state index in [9.17, 15) is 9.59 Å². The summed E-state index contributed by atoms with van der Waals surface area (Å²) in [4.78, 5) is 27.3. The van der Waals surface area contributed by atoms with Crippen molar-refractivity contribution in [3.8, 4) is 6.07 Å². The zero-order chi connectivity index (χ0) is 23.5. The molecule has 33 heavy (non-hydrogen) atoms. The third kappa shape index (κ3) is 5.01. The van der Waals surface area contributed by atoms with Crippen molar-refractivity contribution in [2.24, 2.45) is 13.0 Å². The van der Waals surface area contributed by atoms with Gasteiger partial charge in [0, 0.05) is 55.6 Å². The summed E-state index contributed by atoms with van der Waals surface area (Å²) < 4.78 is 2.16. The number of fused-ring (bicyclic) bond motifs is 1. The molecular formula is C28H31N3O2. The lowest BCUT2D eigenvalue weighted by Crippen LogP contribution is -2.38. The monoisotopic (exact) mass is 441 g/mol. The first-order chi connectivity index (χ1) is 15.9. The number of hydrogen-bond donors (Lipinski definition) is 0. The fraction of sp³-hybridized carbons (Fsp3) is 0.393. The topological polar surface area (TPSA) is 66.1 Å². The molecule has 1 saturated heterocycles. The molecule has 0 spiro atoms. The van der Waals surface area contributed by atoms with Gasteiger partial charge in [-0.3, -0.25) is 9.59 Å². The molecule has 3 aromatic rings. The van der Waals surface area contributed by atoms with Crippen LogP contribution in [0.15, 0.2) is 48.7 Å². The minimum atomic E-state index is 0.0147. The third-order valence-corrected chi connectivity index (χ3v) is 6.63. The molecule has 0 unspecified atom stereocenters. The number of nitrogens with zero attached hydrogens (tertiary/aromatic N) is 3. The molecular weight excluding hydrogens is 410 g/mol. The number of carbonyl (C=O) groups is 2. The summed E-state index contributed by atoms with van der Waals surface area (Å²) in [7, 11) is 2.06. The van der Waals surface area contributed by atoms with Crippen molar-refractivity contribution in [2.45, 2.75) is 45.4 Å². The summed E-state index contributed by atoms with van der Waals surface area (Å²) in [5.41, 5.74) is 4.52. The van der Waals surface area contributed by atoms with Gasteiger partial charge in [-0.15, -0.1) is 0 Å². The first kappa shape index (κ1) is 22.8. The summed E-state index contributed by atoms with van der Waals surface area (Å²) in [6.07, 6.45) is 5.07. The van der Waals surface area contributed by atoms with Gasteiger partial charge in [-0.25, -0.2) is 0 Å². The largest absolute Gasteiger partial charge is 0.350 e. The van der Waals surface area contributed by atoms with Crippen LogP contribution >= 0.6 is 0 Å². The van der Waals surface area contributed by atoms with Crippen LogP contribution in [0.1, 0.15) is 66.1 Å². The zero-order valence-corrected chi connectivity index (χ0v) is 19.7. The van der Waals surface area contributed by atoms with Crippen LogP contribution in [-0.2, 0) is 18.3 Å². The minimum absolute atomic E-state index is 0.0147. The van der Waals surface area contributed by atoms with Crippen LogP contribution in [0, 0.1) is 17.2 Å². The number of benzene rings is 2. The highest BCUT2D eigenvalue weighted by Crippen LogP contribution is 2.35. The Balaban J connectivity index is 1.52. The third-order valence-electron chi connectivity index (χ3n) is 6.63. The maximum Gasteiger partial charge on any atom is 0.222 e. The molecule has 0 N–H and O–H groups in total. The second-order valence-corrected chi connectivity index (χ2v) is 9.59. The van der Waals surface area contributed by atoms with E-state index in [1.165, 1.54) is 10.9 Å². The standard InChI is InChI=1S/C28H31N3O2/c1-19(2)13-28(33)31-11-9-22(10-12-31)25-18-30(3)26-8-7-20(15-24(25)26)16-27(32)23-6-4-5-21(14-23)17-29/h4-8,14-15,18-19,22H,9-13,16H2,1-3H3. The summed E-state index contributed by atoms with van der Waals surface area (Å²) >= 11 is 0. The van der Waals surface area contributed by atoms with Gasteiger partial charge >= 0.3 is 0 Å². The first-order valence-electron chi connectivity index (χ1n) is 11.7. The molecule has 5 nitrogen and oxygen atoms in total. The quantitative estimate of drug-likeness (QED) is 0.492. The summed E-state index contributed by atoms with van der Waals surface area (Å²) in [5.74, 6) is 1.08. The number of likely N-dealkylation sites (tertiary alicyclic amines) is 1. The predicted octanol–water partition coefficient (Wildman–Crippen LogP) is 5.23. The van der Waals surface area contributed by atoms with Gasteiger partial charge in [0.25, 0.3) is 0 Å². The lowest BCUT2D eigenvalue weighted by atomic mass is 9.88. The molecule has 0 bridgehead atoms. The van der Waals surface area contributed by atoms with E-state index in [1.807, 2.05) is 11.0 Å². The molecule has 0 atom stereocenters. The van der Waals surface area contributed by atoms with E-state index in [0.29, 0.717) is 35.8 Å². The number of aromatic nitrogens is 1. The average molecular weight is 442 g/mol. The van der Waals surface area contributed by atoms with Crippen LogP contribution in [0.2, 0.25) is 0 Å². The number of Topliss-reactive ketones (excluding diaryl/α,β-unsaturated/α-hetero) is 1. The highest BCUT2D eigenvalue weighted by atomic mass is 16.2. The molecule has 0 saturated carbocycles. The number of hydrogen-bond acceptors (Lipinski definition) is 3. The zero-order valence-electron chi connectivity index (χ0n) is 19.7. The Hall–Kier alpha value is -3.39.